The van der Waals surface area contributed by atoms with Crippen LogP contribution >= 0.6 is 11.3 Å². The van der Waals surface area contributed by atoms with Gasteiger partial charge >= 0.3 is 0 Å². The number of carbonyl (C=O) groups excluding carboxylic acids is 1. The topological polar surface area (TPSA) is 85.8 Å². The Hall–Kier alpha value is -2.51. The summed E-state index contributed by atoms with van der Waals surface area (Å²) in [4.78, 5) is 17.1. The average Bonchev–Trinajstić information content (AvgIpc) is 3.22. The summed E-state index contributed by atoms with van der Waals surface area (Å²) in [6, 6.07) is 11.5. The zero-order chi connectivity index (χ0) is 18.0. The highest BCUT2D eigenvalue weighted by Crippen LogP contribution is 2.24. The number of aromatic nitrogens is 3. The van der Waals surface area contributed by atoms with Gasteiger partial charge in [0.1, 0.15) is 5.69 Å². The van der Waals surface area contributed by atoms with E-state index in [9.17, 15) is 4.79 Å². The van der Waals surface area contributed by atoms with Crippen molar-refractivity contribution in [3.05, 3.63) is 58.9 Å². The van der Waals surface area contributed by atoms with Crippen molar-refractivity contribution < 1.29 is 4.79 Å². The highest BCUT2D eigenvalue weighted by Gasteiger charge is 2.24. The summed E-state index contributed by atoms with van der Waals surface area (Å²) in [5.41, 5.74) is 8.33. The van der Waals surface area contributed by atoms with Crippen molar-refractivity contribution in [1.82, 2.24) is 14.8 Å². The minimum absolute atomic E-state index is 0.164. The third-order valence-corrected chi connectivity index (χ3v) is 4.50. The number of benzene rings is 1. The number of hydrogen-bond acceptors (Lipinski definition) is 5. The predicted octanol–water partition coefficient (Wildman–Crippen LogP) is 3.34. The van der Waals surface area contributed by atoms with Gasteiger partial charge in [0.2, 0.25) is 0 Å². The molecule has 25 heavy (non-hydrogen) atoms. The second kappa shape index (κ2) is 6.78. The standard InChI is InChI=1S/C18H21N5OS/c1-18(2,3)15-9-14(23(22-15)13-7-5-4-6-8-13)16(24)21-17-20-12(10-19)11-25-17/h4-9,11H,10,19H2,1-3H3,(H,20,21,24). The molecule has 0 saturated heterocycles. The lowest BCUT2D eigenvalue weighted by atomic mass is 9.92. The molecular formula is C18H21N5OS. The van der Waals surface area contributed by atoms with Crippen LogP contribution in [0.2, 0.25) is 0 Å². The van der Waals surface area contributed by atoms with Crippen LogP contribution in [0.4, 0.5) is 5.13 Å². The first kappa shape index (κ1) is 17.3. The molecule has 3 rings (SSSR count). The van der Waals surface area contributed by atoms with Gasteiger partial charge in [0.15, 0.2) is 5.13 Å². The number of anilines is 1. The van der Waals surface area contributed by atoms with E-state index in [1.165, 1.54) is 11.3 Å². The van der Waals surface area contributed by atoms with Crippen molar-refractivity contribution in [3.8, 4) is 5.69 Å². The summed E-state index contributed by atoms with van der Waals surface area (Å²) < 4.78 is 1.67. The molecule has 130 valence electrons. The Morgan fingerprint density at radius 1 is 1.28 bits per heavy atom. The van der Waals surface area contributed by atoms with Crippen LogP contribution in [0.5, 0.6) is 0 Å². The molecule has 1 aromatic carbocycles. The van der Waals surface area contributed by atoms with Crippen LogP contribution in [0.15, 0.2) is 41.8 Å². The first-order chi connectivity index (χ1) is 11.9. The van der Waals surface area contributed by atoms with Gasteiger partial charge in [0.05, 0.1) is 17.1 Å². The Balaban J connectivity index is 1.98. The molecule has 0 bridgehead atoms. The van der Waals surface area contributed by atoms with Gasteiger partial charge in [-0.1, -0.05) is 39.0 Å². The van der Waals surface area contributed by atoms with Crippen molar-refractivity contribution in [1.29, 1.82) is 0 Å². The van der Waals surface area contributed by atoms with E-state index < -0.39 is 0 Å². The molecule has 0 atom stereocenters. The highest BCUT2D eigenvalue weighted by atomic mass is 32.1. The van der Waals surface area contributed by atoms with E-state index in [1.807, 2.05) is 41.8 Å². The monoisotopic (exact) mass is 355 g/mol. The van der Waals surface area contributed by atoms with Crippen molar-refractivity contribution in [3.63, 3.8) is 0 Å². The van der Waals surface area contributed by atoms with Gasteiger partial charge in [0.25, 0.3) is 5.91 Å². The van der Waals surface area contributed by atoms with E-state index in [0.717, 1.165) is 17.1 Å². The van der Waals surface area contributed by atoms with Crippen molar-refractivity contribution >= 4 is 22.4 Å². The van der Waals surface area contributed by atoms with Gasteiger partial charge in [0, 0.05) is 17.3 Å². The Morgan fingerprint density at radius 3 is 2.60 bits per heavy atom. The summed E-state index contributed by atoms with van der Waals surface area (Å²) in [6.45, 7) is 6.56. The number of nitrogens with two attached hydrogens (primary N) is 1. The summed E-state index contributed by atoms with van der Waals surface area (Å²) >= 11 is 1.36. The summed E-state index contributed by atoms with van der Waals surface area (Å²) in [5, 5.41) is 9.86. The fourth-order valence-electron chi connectivity index (χ4n) is 2.29. The van der Waals surface area contributed by atoms with Gasteiger partial charge in [-0.2, -0.15) is 5.10 Å². The van der Waals surface area contributed by atoms with E-state index in [-0.39, 0.29) is 11.3 Å². The van der Waals surface area contributed by atoms with E-state index in [4.69, 9.17) is 5.73 Å². The average molecular weight is 355 g/mol. The molecule has 0 spiro atoms. The van der Waals surface area contributed by atoms with E-state index in [0.29, 0.717) is 17.4 Å². The molecule has 1 amide bonds. The Bertz CT molecular complexity index is 877. The molecule has 0 aliphatic rings. The zero-order valence-electron chi connectivity index (χ0n) is 14.5. The highest BCUT2D eigenvalue weighted by molar-refractivity contribution is 7.13. The van der Waals surface area contributed by atoms with Crippen molar-refractivity contribution in [2.24, 2.45) is 5.73 Å². The number of para-hydroxylation sites is 1. The number of rotatable bonds is 4. The molecular weight excluding hydrogens is 334 g/mol. The number of amides is 1. The van der Waals surface area contributed by atoms with Gasteiger partial charge < -0.3 is 5.73 Å². The second-order valence-corrected chi connectivity index (χ2v) is 7.57. The Labute approximate surface area is 150 Å². The first-order valence-electron chi connectivity index (χ1n) is 8.00. The number of carbonyl (C=O) groups is 1. The maximum Gasteiger partial charge on any atom is 0.276 e. The number of thiazole rings is 1. The summed E-state index contributed by atoms with van der Waals surface area (Å²) in [5.74, 6) is -0.246. The lowest BCUT2D eigenvalue weighted by Crippen LogP contribution is -2.17. The van der Waals surface area contributed by atoms with Gasteiger partial charge in [-0.3, -0.25) is 10.1 Å². The molecule has 7 heteroatoms. The number of nitrogens with one attached hydrogen (secondary N) is 1. The maximum atomic E-state index is 12.8. The van der Waals surface area contributed by atoms with Crippen LogP contribution in [-0.4, -0.2) is 20.7 Å². The molecule has 0 aliphatic carbocycles. The van der Waals surface area contributed by atoms with Crippen LogP contribution < -0.4 is 11.1 Å². The third kappa shape index (κ3) is 3.78. The second-order valence-electron chi connectivity index (χ2n) is 6.71. The zero-order valence-corrected chi connectivity index (χ0v) is 15.3. The van der Waals surface area contributed by atoms with Crippen molar-refractivity contribution in [2.45, 2.75) is 32.7 Å². The van der Waals surface area contributed by atoms with Crippen LogP contribution in [0.1, 0.15) is 42.6 Å². The summed E-state index contributed by atoms with van der Waals surface area (Å²) in [6.07, 6.45) is 0. The quantitative estimate of drug-likeness (QED) is 0.751. The smallest absolute Gasteiger partial charge is 0.276 e. The Kier molecular flexibility index (Phi) is 4.69. The predicted molar refractivity (Wildman–Crippen MR) is 100 cm³/mol. The number of nitrogens with zero attached hydrogens (tertiary/aromatic N) is 3. The van der Waals surface area contributed by atoms with Crippen LogP contribution in [0, 0.1) is 0 Å². The third-order valence-electron chi connectivity index (χ3n) is 3.69. The first-order valence-corrected chi connectivity index (χ1v) is 8.88. The van der Waals surface area contributed by atoms with E-state index >= 15 is 0 Å². The van der Waals surface area contributed by atoms with Crippen LogP contribution in [0.3, 0.4) is 0 Å². The Morgan fingerprint density at radius 2 is 2.00 bits per heavy atom. The molecule has 3 aromatic rings. The fourth-order valence-corrected chi connectivity index (χ4v) is 3.01. The molecule has 0 unspecified atom stereocenters. The fraction of sp³-hybridized carbons (Fsp3) is 0.278. The lowest BCUT2D eigenvalue weighted by Gasteiger charge is -2.14. The van der Waals surface area contributed by atoms with E-state index in [1.54, 1.807) is 4.68 Å². The molecule has 0 fully saturated rings. The lowest BCUT2D eigenvalue weighted by molar-refractivity contribution is 0.101. The molecule has 0 saturated carbocycles. The van der Waals surface area contributed by atoms with Gasteiger partial charge in [-0.15, -0.1) is 11.3 Å². The maximum absolute atomic E-state index is 12.8. The summed E-state index contributed by atoms with van der Waals surface area (Å²) in [7, 11) is 0. The molecule has 0 radical (unpaired) electrons. The molecule has 0 aliphatic heterocycles. The van der Waals surface area contributed by atoms with Gasteiger partial charge in [-0.05, 0) is 18.2 Å². The molecule has 3 N–H and O–H groups in total. The molecule has 2 heterocycles. The van der Waals surface area contributed by atoms with Gasteiger partial charge in [-0.25, -0.2) is 9.67 Å². The largest absolute Gasteiger partial charge is 0.325 e. The molecule has 6 nitrogen and oxygen atoms in total. The van der Waals surface area contributed by atoms with Crippen molar-refractivity contribution in [2.75, 3.05) is 5.32 Å². The van der Waals surface area contributed by atoms with E-state index in [2.05, 4.69) is 36.2 Å². The number of hydrogen-bond donors (Lipinski definition) is 2. The van der Waals surface area contributed by atoms with Crippen LogP contribution in [0.25, 0.3) is 5.69 Å². The SMILES string of the molecule is CC(C)(C)c1cc(C(=O)Nc2nc(CN)cs2)n(-c2ccccc2)n1. The minimum Gasteiger partial charge on any atom is -0.325 e. The van der Waals surface area contributed by atoms with Crippen LogP contribution in [-0.2, 0) is 12.0 Å². The molecule has 2 aromatic heterocycles. The normalized spacial score (nSPS) is 11.5. The minimum atomic E-state index is -0.246.